The number of rotatable bonds is 4. The standard InChI is InChI=1S/C14H20ClN3O/c1-14(5-3-4-6-14)9-17-13(19)10-7-11(15)18-12(8-10)16-2/h7-8H,3-6,9H2,1-2H3,(H,16,18)(H,17,19). The lowest BCUT2D eigenvalue weighted by molar-refractivity contribution is 0.0934. The highest BCUT2D eigenvalue weighted by molar-refractivity contribution is 6.29. The van der Waals surface area contributed by atoms with E-state index in [9.17, 15) is 4.79 Å². The maximum atomic E-state index is 12.1. The van der Waals surface area contributed by atoms with Crippen molar-refractivity contribution in [2.75, 3.05) is 18.9 Å². The second-order valence-corrected chi connectivity index (χ2v) is 5.90. The van der Waals surface area contributed by atoms with Crippen LogP contribution in [0.5, 0.6) is 0 Å². The summed E-state index contributed by atoms with van der Waals surface area (Å²) in [5, 5.41) is 6.22. The summed E-state index contributed by atoms with van der Waals surface area (Å²) in [6, 6.07) is 3.30. The first kappa shape index (κ1) is 14.1. The van der Waals surface area contributed by atoms with E-state index in [0.717, 1.165) is 6.54 Å². The van der Waals surface area contributed by atoms with E-state index < -0.39 is 0 Å². The van der Waals surface area contributed by atoms with Gasteiger partial charge >= 0.3 is 0 Å². The fourth-order valence-corrected chi connectivity index (χ4v) is 2.77. The summed E-state index contributed by atoms with van der Waals surface area (Å²) in [6.07, 6.45) is 4.90. The van der Waals surface area contributed by atoms with Crippen molar-refractivity contribution >= 4 is 23.3 Å². The number of nitrogens with zero attached hydrogens (tertiary/aromatic N) is 1. The Morgan fingerprint density at radius 3 is 2.74 bits per heavy atom. The van der Waals surface area contributed by atoms with Crippen molar-refractivity contribution in [1.29, 1.82) is 0 Å². The van der Waals surface area contributed by atoms with Gasteiger partial charge in [-0.05, 0) is 30.4 Å². The van der Waals surface area contributed by atoms with Crippen molar-refractivity contribution in [2.24, 2.45) is 5.41 Å². The molecule has 1 aliphatic rings. The third-order valence-electron chi connectivity index (χ3n) is 3.80. The van der Waals surface area contributed by atoms with Gasteiger partial charge in [0.15, 0.2) is 0 Å². The molecule has 1 fully saturated rings. The molecule has 1 aliphatic carbocycles. The molecule has 1 amide bonds. The maximum Gasteiger partial charge on any atom is 0.251 e. The van der Waals surface area contributed by atoms with Crippen molar-refractivity contribution in [2.45, 2.75) is 32.6 Å². The van der Waals surface area contributed by atoms with Crippen LogP contribution >= 0.6 is 11.6 Å². The molecule has 1 heterocycles. The minimum atomic E-state index is -0.0890. The SMILES string of the molecule is CNc1cc(C(=O)NCC2(C)CCCC2)cc(Cl)n1. The van der Waals surface area contributed by atoms with Gasteiger partial charge in [-0.15, -0.1) is 0 Å². The third kappa shape index (κ3) is 3.60. The average Bonchev–Trinajstić information content (AvgIpc) is 2.82. The topological polar surface area (TPSA) is 54.0 Å². The molecule has 5 heteroatoms. The molecule has 0 bridgehead atoms. The van der Waals surface area contributed by atoms with Crippen molar-refractivity contribution in [1.82, 2.24) is 10.3 Å². The van der Waals surface area contributed by atoms with Gasteiger partial charge in [0.05, 0.1) is 0 Å². The van der Waals surface area contributed by atoms with E-state index in [0.29, 0.717) is 16.5 Å². The van der Waals surface area contributed by atoms with Gasteiger partial charge in [0, 0.05) is 19.2 Å². The normalized spacial score (nSPS) is 17.2. The molecular formula is C14H20ClN3O. The number of hydrogen-bond donors (Lipinski definition) is 2. The Bertz CT molecular complexity index is 470. The molecule has 19 heavy (non-hydrogen) atoms. The van der Waals surface area contributed by atoms with Crippen LogP contribution in [0.15, 0.2) is 12.1 Å². The van der Waals surface area contributed by atoms with Gasteiger partial charge in [-0.3, -0.25) is 4.79 Å². The van der Waals surface area contributed by atoms with Crippen molar-refractivity contribution < 1.29 is 4.79 Å². The summed E-state index contributed by atoms with van der Waals surface area (Å²) in [6.45, 7) is 2.96. The number of hydrogen-bond acceptors (Lipinski definition) is 3. The van der Waals surface area contributed by atoms with E-state index in [4.69, 9.17) is 11.6 Å². The summed E-state index contributed by atoms with van der Waals surface area (Å²) in [5.41, 5.74) is 0.796. The van der Waals surface area contributed by atoms with Crippen LogP contribution < -0.4 is 10.6 Å². The molecule has 2 rings (SSSR count). The highest BCUT2D eigenvalue weighted by Crippen LogP contribution is 2.36. The number of anilines is 1. The summed E-state index contributed by atoms with van der Waals surface area (Å²) >= 11 is 5.90. The van der Waals surface area contributed by atoms with E-state index in [2.05, 4.69) is 22.5 Å². The monoisotopic (exact) mass is 281 g/mol. The van der Waals surface area contributed by atoms with Crippen LogP contribution in [0, 0.1) is 5.41 Å². The molecule has 4 nitrogen and oxygen atoms in total. The zero-order valence-electron chi connectivity index (χ0n) is 11.4. The first-order valence-corrected chi connectivity index (χ1v) is 7.04. The Morgan fingerprint density at radius 1 is 1.42 bits per heavy atom. The Hall–Kier alpha value is -1.29. The molecule has 104 valence electrons. The number of carbonyl (C=O) groups excluding carboxylic acids is 1. The fourth-order valence-electron chi connectivity index (χ4n) is 2.56. The minimum Gasteiger partial charge on any atom is -0.373 e. The van der Waals surface area contributed by atoms with Gasteiger partial charge < -0.3 is 10.6 Å². The third-order valence-corrected chi connectivity index (χ3v) is 3.99. The van der Waals surface area contributed by atoms with Crippen LogP contribution in [0.25, 0.3) is 0 Å². The molecule has 0 aliphatic heterocycles. The Balaban J connectivity index is 2.01. The second kappa shape index (κ2) is 5.78. The fraction of sp³-hybridized carbons (Fsp3) is 0.571. The maximum absolute atomic E-state index is 12.1. The number of nitrogens with one attached hydrogen (secondary N) is 2. The highest BCUT2D eigenvalue weighted by atomic mass is 35.5. The smallest absolute Gasteiger partial charge is 0.251 e. The Morgan fingerprint density at radius 2 is 2.11 bits per heavy atom. The van der Waals surface area contributed by atoms with Gasteiger partial charge in [-0.25, -0.2) is 4.98 Å². The lowest BCUT2D eigenvalue weighted by Crippen LogP contribution is -2.34. The predicted octanol–water partition coefficient (Wildman–Crippen LogP) is 3.09. The summed E-state index contributed by atoms with van der Waals surface area (Å²) < 4.78 is 0. The highest BCUT2D eigenvalue weighted by Gasteiger charge is 2.29. The van der Waals surface area contributed by atoms with Crippen LogP contribution in [0.2, 0.25) is 5.15 Å². The summed E-state index contributed by atoms with van der Waals surface area (Å²) in [7, 11) is 1.75. The second-order valence-electron chi connectivity index (χ2n) is 5.51. The zero-order chi connectivity index (χ0) is 13.9. The van der Waals surface area contributed by atoms with E-state index in [1.165, 1.54) is 25.7 Å². The van der Waals surface area contributed by atoms with Crippen molar-refractivity contribution in [3.63, 3.8) is 0 Å². The van der Waals surface area contributed by atoms with Gasteiger partial charge in [0.1, 0.15) is 11.0 Å². The van der Waals surface area contributed by atoms with E-state index in [1.807, 2.05) is 0 Å². The molecule has 1 aromatic rings. The quantitative estimate of drug-likeness (QED) is 0.834. The van der Waals surface area contributed by atoms with Crippen LogP contribution in [-0.4, -0.2) is 24.5 Å². The molecule has 0 atom stereocenters. The molecule has 0 spiro atoms. The predicted molar refractivity (Wildman–Crippen MR) is 77.7 cm³/mol. The first-order valence-electron chi connectivity index (χ1n) is 6.66. The van der Waals surface area contributed by atoms with Crippen LogP contribution in [-0.2, 0) is 0 Å². The number of pyridine rings is 1. The largest absolute Gasteiger partial charge is 0.373 e. The van der Waals surface area contributed by atoms with E-state index >= 15 is 0 Å². The van der Waals surface area contributed by atoms with E-state index in [-0.39, 0.29) is 11.3 Å². The molecule has 0 unspecified atom stereocenters. The number of aromatic nitrogens is 1. The summed E-state index contributed by atoms with van der Waals surface area (Å²) in [5.74, 6) is 0.513. The molecule has 1 saturated carbocycles. The lowest BCUT2D eigenvalue weighted by Gasteiger charge is -2.23. The van der Waals surface area contributed by atoms with Crippen molar-refractivity contribution in [3.05, 3.63) is 22.8 Å². The zero-order valence-corrected chi connectivity index (χ0v) is 12.2. The van der Waals surface area contributed by atoms with E-state index in [1.54, 1.807) is 19.2 Å². The Labute approximate surface area is 118 Å². The molecule has 0 radical (unpaired) electrons. The number of amides is 1. The minimum absolute atomic E-state index is 0.0890. The van der Waals surface area contributed by atoms with Gasteiger partial charge in [-0.2, -0.15) is 0 Å². The van der Waals surface area contributed by atoms with Crippen molar-refractivity contribution in [3.8, 4) is 0 Å². The van der Waals surface area contributed by atoms with Gasteiger partial charge in [0.25, 0.3) is 5.91 Å². The van der Waals surface area contributed by atoms with Crippen LogP contribution in [0.4, 0.5) is 5.82 Å². The molecular weight excluding hydrogens is 262 g/mol. The summed E-state index contributed by atoms with van der Waals surface area (Å²) in [4.78, 5) is 16.2. The lowest BCUT2D eigenvalue weighted by atomic mass is 9.89. The molecule has 2 N–H and O–H groups in total. The number of halogens is 1. The van der Waals surface area contributed by atoms with Crippen LogP contribution in [0.3, 0.4) is 0 Å². The first-order chi connectivity index (χ1) is 9.02. The number of carbonyl (C=O) groups is 1. The molecule has 0 aromatic carbocycles. The molecule has 1 aromatic heterocycles. The van der Waals surface area contributed by atoms with Gasteiger partial charge in [0.2, 0.25) is 0 Å². The average molecular weight is 282 g/mol. The molecule has 0 saturated heterocycles. The Kier molecular flexibility index (Phi) is 4.30. The van der Waals surface area contributed by atoms with Gasteiger partial charge in [-0.1, -0.05) is 31.4 Å². The van der Waals surface area contributed by atoms with Crippen LogP contribution in [0.1, 0.15) is 43.0 Å².